The van der Waals surface area contributed by atoms with Crippen molar-refractivity contribution in [2.24, 2.45) is 5.92 Å². The number of hydrogen-bond acceptors (Lipinski definition) is 4. The molecule has 144 valence electrons. The molecule has 1 aliphatic carbocycles. The molecule has 3 aromatic rings. The number of hydrogen-bond donors (Lipinski definition) is 2. The Balaban J connectivity index is 1.60. The first kappa shape index (κ1) is 18.2. The van der Waals surface area contributed by atoms with Gasteiger partial charge in [-0.1, -0.05) is 30.3 Å². The largest absolute Gasteiger partial charge is 0.417 e. The number of alkyl halides is 3. The maximum Gasteiger partial charge on any atom is 0.417 e. The fourth-order valence-corrected chi connectivity index (χ4v) is 3.54. The number of halogens is 3. The van der Waals surface area contributed by atoms with Crippen molar-refractivity contribution in [1.82, 2.24) is 20.2 Å². The number of pyridine rings is 1. The Morgan fingerprint density at radius 1 is 1.04 bits per heavy atom. The van der Waals surface area contributed by atoms with E-state index < -0.39 is 23.6 Å². The summed E-state index contributed by atoms with van der Waals surface area (Å²) in [6.07, 6.45) is -0.503. The normalized spacial score (nSPS) is 21.4. The lowest BCUT2D eigenvalue weighted by molar-refractivity contribution is -0.137. The standard InChI is InChI=1S/C19H15F3N4O2/c20-19(21,22)13-6-7-14(23-9-13)26-10-12(8-24-26)16-15(17(16)18(27)25-28)11-4-2-1-3-5-11/h1-10,15-17,28H,(H,25,27). The molecule has 28 heavy (non-hydrogen) atoms. The summed E-state index contributed by atoms with van der Waals surface area (Å²) in [5.74, 6) is -1.02. The average Bonchev–Trinajstić information content (AvgIpc) is 3.26. The van der Waals surface area contributed by atoms with Gasteiger partial charge in [0.1, 0.15) is 0 Å². The third-order valence-corrected chi connectivity index (χ3v) is 4.91. The van der Waals surface area contributed by atoms with Crippen molar-refractivity contribution in [3.05, 3.63) is 77.7 Å². The molecule has 1 aromatic carbocycles. The van der Waals surface area contributed by atoms with Gasteiger partial charge in [-0.25, -0.2) is 15.1 Å². The predicted molar refractivity (Wildman–Crippen MR) is 91.7 cm³/mol. The van der Waals surface area contributed by atoms with Gasteiger partial charge in [-0.3, -0.25) is 10.0 Å². The first-order valence-electron chi connectivity index (χ1n) is 8.47. The molecule has 9 heteroatoms. The highest BCUT2D eigenvalue weighted by atomic mass is 19.4. The smallest absolute Gasteiger partial charge is 0.289 e. The summed E-state index contributed by atoms with van der Waals surface area (Å²) < 4.78 is 39.4. The van der Waals surface area contributed by atoms with Crippen LogP contribution >= 0.6 is 0 Å². The van der Waals surface area contributed by atoms with E-state index in [0.717, 1.165) is 23.4 Å². The number of aromatic nitrogens is 3. The lowest BCUT2D eigenvalue weighted by Gasteiger charge is -2.06. The Hall–Kier alpha value is -3.20. The summed E-state index contributed by atoms with van der Waals surface area (Å²) in [4.78, 5) is 15.9. The first-order valence-corrected chi connectivity index (χ1v) is 8.47. The Labute approximate surface area is 157 Å². The van der Waals surface area contributed by atoms with E-state index in [0.29, 0.717) is 0 Å². The molecule has 0 spiro atoms. The summed E-state index contributed by atoms with van der Waals surface area (Å²) >= 11 is 0. The van der Waals surface area contributed by atoms with Crippen LogP contribution in [0.2, 0.25) is 0 Å². The van der Waals surface area contributed by atoms with Crippen LogP contribution in [0.1, 0.15) is 28.5 Å². The molecule has 0 aliphatic heterocycles. The molecule has 0 radical (unpaired) electrons. The van der Waals surface area contributed by atoms with Gasteiger partial charge < -0.3 is 0 Å². The highest BCUT2D eigenvalue weighted by Gasteiger charge is 2.56. The van der Waals surface area contributed by atoms with E-state index in [-0.39, 0.29) is 17.7 Å². The lowest BCUT2D eigenvalue weighted by Crippen LogP contribution is -2.21. The maximum atomic E-state index is 12.7. The topological polar surface area (TPSA) is 80.0 Å². The fourth-order valence-electron chi connectivity index (χ4n) is 3.54. The molecule has 6 nitrogen and oxygen atoms in total. The number of nitrogens with zero attached hydrogens (tertiary/aromatic N) is 3. The number of carbonyl (C=O) groups is 1. The third-order valence-electron chi connectivity index (χ3n) is 4.91. The van der Waals surface area contributed by atoms with Crippen LogP contribution in [0.15, 0.2) is 61.1 Å². The van der Waals surface area contributed by atoms with Gasteiger partial charge in [-0.05, 0) is 23.3 Å². The summed E-state index contributed by atoms with van der Waals surface area (Å²) in [7, 11) is 0. The number of benzene rings is 1. The van der Waals surface area contributed by atoms with E-state index in [1.165, 1.54) is 10.7 Å². The molecule has 1 aliphatic rings. The quantitative estimate of drug-likeness (QED) is 0.531. The molecule has 2 heterocycles. The molecule has 1 fully saturated rings. The molecule has 4 rings (SSSR count). The van der Waals surface area contributed by atoms with Crippen molar-refractivity contribution in [1.29, 1.82) is 0 Å². The summed E-state index contributed by atoms with van der Waals surface area (Å²) in [5, 5.41) is 13.2. The van der Waals surface area contributed by atoms with Crippen LogP contribution in [0.3, 0.4) is 0 Å². The van der Waals surface area contributed by atoms with E-state index in [1.54, 1.807) is 17.9 Å². The van der Waals surface area contributed by atoms with Gasteiger partial charge in [0.15, 0.2) is 5.82 Å². The number of amides is 1. The van der Waals surface area contributed by atoms with Crippen LogP contribution < -0.4 is 5.48 Å². The van der Waals surface area contributed by atoms with Crippen LogP contribution in [0.25, 0.3) is 5.82 Å². The minimum atomic E-state index is -4.46. The van der Waals surface area contributed by atoms with Crippen molar-refractivity contribution in [3.8, 4) is 5.82 Å². The second-order valence-electron chi connectivity index (χ2n) is 6.59. The third kappa shape index (κ3) is 3.24. The van der Waals surface area contributed by atoms with E-state index in [2.05, 4.69) is 10.1 Å². The predicted octanol–water partition coefficient (Wildman–Crippen LogP) is 3.29. The average molecular weight is 388 g/mol. The van der Waals surface area contributed by atoms with Gasteiger partial charge in [-0.2, -0.15) is 18.3 Å². The first-order chi connectivity index (χ1) is 13.4. The fraction of sp³-hybridized carbons (Fsp3) is 0.211. The number of rotatable bonds is 4. The molecule has 0 bridgehead atoms. The molecular weight excluding hydrogens is 373 g/mol. The van der Waals surface area contributed by atoms with Crippen LogP contribution in [-0.4, -0.2) is 25.9 Å². The van der Waals surface area contributed by atoms with Gasteiger partial charge in [-0.15, -0.1) is 0 Å². The van der Waals surface area contributed by atoms with Crippen molar-refractivity contribution < 1.29 is 23.2 Å². The Morgan fingerprint density at radius 3 is 2.36 bits per heavy atom. The highest BCUT2D eigenvalue weighted by molar-refractivity contribution is 5.84. The minimum Gasteiger partial charge on any atom is -0.289 e. The van der Waals surface area contributed by atoms with E-state index in [1.807, 2.05) is 30.3 Å². The Kier molecular flexibility index (Phi) is 4.38. The molecule has 3 unspecified atom stereocenters. The van der Waals surface area contributed by atoms with Crippen LogP contribution in [0.5, 0.6) is 0 Å². The molecule has 2 aromatic heterocycles. The van der Waals surface area contributed by atoms with Gasteiger partial charge in [0.05, 0.1) is 17.7 Å². The molecule has 1 saturated carbocycles. The maximum absolute atomic E-state index is 12.7. The van der Waals surface area contributed by atoms with Crippen molar-refractivity contribution >= 4 is 5.91 Å². The molecule has 2 N–H and O–H groups in total. The SMILES string of the molecule is O=C(NO)C1C(c2ccccc2)C1c1cnn(-c2ccc(C(F)(F)F)cn2)c1. The van der Waals surface area contributed by atoms with Crippen molar-refractivity contribution in [3.63, 3.8) is 0 Å². The number of carbonyl (C=O) groups excluding carboxylic acids is 1. The molecule has 1 amide bonds. The molecule has 3 atom stereocenters. The van der Waals surface area contributed by atoms with Gasteiger partial charge in [0, 0.05) is 24.2 Å². The second kappa shape index (κ2) is 6.75. The van der Waals surface area contributed by atoms with Crippen LogP contribution in [0, 0.1) is 5.92 Å². The van der Waals surface area contributed by atoms with Gasteiger partial charge in [0.25, 0.3) is 0 Å². The second-order valence-corrected chi connectivity index (χ2v) is 6.59. The summed E-state index contributed by atoms with van der Waals surface area (Å²) in [5.41, 5.74) is 2.56. The van der Waals surface area contributed by atoms with E-state index in [9.17, 15) is 18.0 Å². The Bertz CT molecular complexity index is 986. The van der Waals surface area contributed by atoms with Crippen molar-refractivity contribution in [2.75, 3.05) is 0 Å². The van der Waals surface area contributed by atoms with Crippen LogP contribution in [-0.2, 0) is 11.0 Å². The zero-order valence-electron chi connectivity index (χ0n) is 14.3. The van der Waals surface area contributed by atoms with Crippen LogP contribution in [0.4, 0.5) is 13.2 Å². The Morgan fingerprint density at radius 2 is 1.75 bits per heavy atom. The summed E-state index contributed by atoms with van der Waals surface area (Å²) in [6.45, 7) is 0. The monoisotopic (exact) mass is 388 g/mol. The number of hydroxylamine groups is 1. The highest BCUT2D eigenvalue weighted by Crippen LogP contribution is 2.60. The van der Waals surface area contributed by atoms with E-state index in [4.69, 9.17) is 5.21 Å². The zero-order valence-corrected chi connectivity index (χ0v) is 14.3. The zero-order chi connectivity index (χ0) is 19.9. The minimum absolute atomic E-state index is 0.119. The molecule has 0 saturated heterocycles. The lowest BCUT2D eigenvalue weighted by atomic mass is 10.1. The summed E-state index contributed by atoms with van der Waals surface area (Å²) in [6, 6.07) is 11.6. The molecular formula is C19H15F3N4O2. The van der Waals surface area contributed by atoms with Gasteiger partial charge >= 0.3 is 6.18 Å². The van der Waals surface area contributed by atoms with Crippen molar-refractivity contribution in [2.45, 2.75) is 18.0 Å². The number of nitrogens with one attached hydrogen (secondary N) is 1. The van der Waals surface area contributed by atoms with Gasteiger partial charge in [0.2, 0.25) is 5.91 Å². The van der Waals surface area contributed by atoms with E-state index >= 15 is 0 Å².